The van der Waals surface area contributed by atoms with Gasteiger partial charge in [0.15, 0.2) is 0 Å². The maximum Gasteiger partial charge on any atom is 0.268 e. The molecular weight excluding hydrogens is 418 g/mol. The van der Waals surface area contributed by atoms with E-state index in [9.17, 15) is 9.59 Å². The van der Waals surface area contributed by atoms with Gasteiger partial charge in [-0.15, -0.1) is 11.3 Å². The van der Waals surface area contributed by atoms with E-state index in [1.54, 1.807) is 17.3 Å². The van der Waals surface area contributed by atoms with Crippen molar-refractivity contribution < 1.29 is 9.59 Å². The fraction of sp³-hybridized carbons (Fsp3) is 0.115. The highest BCUT2D eigenvalue weighted by Crippen LogP contribution is 2.23. The smallest absolute Gasteiger partial charge is 0.268 e. The fourth-order valence-corrected chi connectivity index (χ4v) is 4.04. The molecule has 160 valence electrons. The number of nitrogens with one attached hydrogen (secondary N) is 1. The maximum atomic E-state index is 13.3. The van der Waals surface area contributed by atoms with Crippen molar-refractivity contribution in [2.45, 2.75) is 19.5 Å². The first-order valence-corrected chi connectivity index (χ1v) is 11.2. The van der Waals surface area contributed by atoms with Gasteiger partial charge in [0.2, 0.25) is 5.91 Å². The van der Waals surface area contributed by atoms with Gasteiger partial charge in [-0.2, -0.15) is 0 Å². The van der Waals surface area contributed by atoms with E-state index in [1.807, 2.05) is 84.2 Å². The van der Waals surface area contributed by atoms with Gasteiger partial charge in [-0.1, -0.05) is 54.6 Å². The van der Waals surface area contributed by atoms with E-state index in [-0.39, 0.29) is 18.2 Å². The highest BCUT2D eigenvalue weighted by atomic mass is 32.1. The van der Waals surface area contributed by atoms with E-state index in [0.29, 0.717) is 18.0 Å². The molecule has 0 aliphatic carbocycles. The van der Waals surface area contributed by atoms with Crippen LogP contribution in [0.15, 0.2) is 96.6 Å². The van der Waals surface area contributed by atoms with Crippen LogP contribution in [-0.2, 0) is 24.3 Å². The van der Waals surface area contributed by atoms with E-state index in [1.165, 1.54) is 11.3 Å². The standard InChI is InChI=1S/C26H23N3O2S/c30-25(28-18-22-10-5-13-27-17-22)16-21-9-4-11-23(15-21)29(19-20-7-2-1-3-8-20)26(31)24-12-6-14-32-24/h1-15,17H,16,18-19H2,(H,28,30). The summed E-state index contributed by atoms with van der Waals surface area (Å²) in [6, 6.07) is 25.0. The lowest BCUT2D eigenvalue weighted by Crippen LogP contribution is -2.30. The van der Waals surface area contributed by atoms with E-state index < -0.39 is 0 Å². The van der Waals surface area contributed by atoms with Crippen LogP contribution in [-0.4, -0.2) is 16.8 Å². The molecule has 0 saturated carbocycles. The Morgan fingerprint density at radius 2 is 1.69 bits per heavy atom. The Morgan fingerprint density at radius 1 is 0.875 bits per heavy atom. The maximum absolute atomic E-state index is 13.3. The molecule has 6 heteroatoms. The molecule has 0 fully saturated rings. The minimum absolute atomic E-state index is 0.0537. The van der Waals surface area contributed by atoms with Crippen LogP contribution in [0.25, 0.3) is 0 Å². The van der Waals surface area contributed by atoms with Gasteiger partial charge < -0.3 is 10.2 Å². The van der Waals surface area contributed by atoms with Crippen LogP contribution >= 0.6 is 11.3 Å². The zero-order valence-corrected chi connectivity index (χ0v) is 18.3. The SMILES string of the molecule is O=C(Cc1cccc(N(Cc2ccccc2)C(=O)c2cccs2)c1)NCc1cccnc1. The topological polar surface area (TPSA) is 62.3 Å². The number of rotatable bonds is 8. The van der Waals surface area contributed by atoms with Gasteiger partial charge >= 0.3 is 0 Å². The fourth-order valence-electron chi connectivity index (χ4n) is 3.37. The number of amides is 2. The van der Waals surface area contributed by atoms with Crippen molar-refractivity contribution in [3.8, 4) is 0 Å². The normalized spacial score (nSPS) is 10.5. The van der Waals surface area contributed by atoms with Crippen molar-refractivity contribution in [2.75, 3.05) is 4.90 Å². The molecule has 0 aliphatic heterocycles. The highest BCUT2D eigenvalue weighted by molar-refractivity contribution is 7.12. The summed E-state index contributed by atoms with van der Waals surface area (Å²) in [5, 5.41) is 4.82. The quantitative estimate of drug-likeness (QED) is 0.425. The van der Waals surface area contributed by atoms with Gasteiger partial charge in [0.05, 0.1) is 17.8 Å². The van der Waals surface area contributed by atoms with Crippen molar-refractivity contribution >= 4 is 28.8 Å². The molecule has 4 rings (SSSR count). The average Bonchev–Trinajstić information content (AvgIpc) is 3.37. The second-order valence-electron chi connectivity index (χ2n) is 7.34. The van der Waals surface area contributed by atoms with Gasteiger partial charge in [0.1, 0.15) is 0 Å². The van der Waals surface area contributed by atoms with Crippen molar-refractivity contribution in [1.29, 1.82) is 0 Å². The summed E-state index contributed by atoms with van der Waals surface area (Å²) in [7, 11) is 0. The third-order valence-corrected chi connectivity index (χ3v) is 5.82. The molecule has 0 spiro atoms. The Balaban J connectivity index is 1.51. The molecule has 4 aromatic rings. The zero-order valence-electron chi connectivity index (χ0n) is 17.5. The molecular formula is C26H23N3O2S. The molecule has 2 aromatic carbocycles. The van der Waals surface area contributed by atoms with Crippen LogP contribution in [0.5, 0.6) is 0 Å². The van der Waals surface area contributed by atoms with Crippen LogP contribution in [0.1, 0.15) is 26.4 Å². The van der Waals surface area contributed by atoms with Crippen molar-refractivity contribution in [3.63, 3.8) is 0 Å². The number of carbonyl (C=O) groups excluding carboxylic acids is 2. The molecule has 5 nitrogen and oxygen atoms in total. The zero-order chi connectivity index (χ0) is 22.2. The van der Waals surface area contributed by atoms with E-state index in [2.05, 4.69) is 10.3 Å². The monoisotopic (exact) mass is 441 g/mol. The highest BCUT2D eigenvalue weighted by Gasteiger charge is 2.19. The Hall–Kier alpha value is -3.77. The number of carbonyl (C=O) groups is 2. The Kier molecular flexibility index (Phi) is 7.05. The molecule has 2 amide bonds. The van der Waals surface area contributed by atoms with Gasteiger partial charge in [-0.05, 0) is 46.3 Å². The molecule has 0 aliphatic rings. The Morgan fingerprint density at radius 3 is 2.44 bits per heavy atom. The molecule has 1 N–H and O–H groups in total. The summed E-state index contributed by atoms with van der Waals surface area (Å²) in [4.78, 5) is 32.2. The van der Waals surface area contributed by atoms with Crippen LogP contribution < -0.4 is 10.2 Å². The molecule has 32 heavy (non-hydrogen) atoms. The second-order valence-corrected chi connectivity index (χ2v) is 8.29. The van der Waals surface area contributed by atoms with Crippen LogP contribution in [0, 0.1) is 0 Å². The Bertz CT molecular complexity index is 1160. The van der Waals surface area contributed by atoms with Gasteiger partial charge in [0.25, 0.3) is 5.91 Å². The van der Waals surface area contributed by atoms with Crippen LogP contribution in [0.3, 0.4) is 0 Å². The molecule has 0 bridgehead atoms. The van der Waals surface area contributed by atoms with E-state index in [4.69, 9.17) is 0 Å². The first kappa shape index (κ1) is 21.5. The third-order valence-electron chi connectivity index (χ3n) is 4.96. The van der Waals surface area contributed by atoms with Crippen molar-refractivity contribution in [3.05, 3.63) is 118 Å². The van der Waals surface area contributed by atoms with Gasteiger partial charge in [-0.3, -0.25) is 14.6 Å². The molecule has 0 unspecified atom stereocenters. The van der Waals surface area contributed by atoms with Gasteiger partial charge in [0, 0.05) is 24.6 Å². The van der Waals surface area contributed by atoms with Crippen LogP contribution in [0.4, 0.5) is 5.69 Å². The van der Waals surface area contributed by atoms with E-state index >= 15 is 0 Å². The number of benzene rings is 2. The summed E-state index contributed by atoms with van der Waals surface area (Å²) >= 11 is 1.42. The summed E-state index contributed by atoms with van der Waals surface area (Å²) in [5.41, 5.74) is 3.61. The van der Waals surface area contributed by atoms with E-state index in [0.717, 1.165) is 22.4 Å². The molecule has 0 radical (unpaired) electrons. The lowest BCUT2D eigenvalue weighted by Gasteiger charge is -2.23. The number of aromatic nitrogens is 1. The molecule has 2 heterocycles. The molecule has 0 atom stereocenters. The number of thiophene rings is 1. The number of pyridine rings is 1. The first-order valence-electron chi connectivity index (χ1n) is 10.3. The minimum atomic E-state index is -0.0785. The first-order chi connectivity index (χ1) is 15.7. The predicted molar refractivity (Wildman–Crippen MR) is 128 cm³/mol. The Labute approximate surface area is 191 Å². The van der Waals surface area contributed by atoms with Crippen LogP contribution in [0.2, 0.25) is 0 Å². The minimum Gasteiger partial charge on any atom is -0.352 e. The summed E-state index contributed by atoms with van der Waals surface area (Å²) in [6.07, 6.45) is 3.68. The molecule has 0 saturated heterocycles. The number of hydrogen-bond donors (Lipinski definition) is 1. The number of nitrogens with zero attached hydrogens (tertiary/aromatic N) is 2. The average molecular weight is 442 g/mol. The van der Waals surface area contributed by atoms with Crippen molar-refractivity contribution in [1.82, 2.24) is 10.3 Å². The second kappa shape index (κ2) is 10.5. The predicted octanol–water partition coefficient (Wildman–Crippen LogP) is 4.85. The lowest BCUT2D eigenvalue weighted by atomic mass is 10.1. The number of anilines is 1. The largest absolute Gasteiger partial charge is 0.352 e. The number of hydrogen-bond acceptors (Lipinski definition) is 4. The van der Waals surface area contributed by atoms with Gasteiger partial charge in [-0.25, -0.2) is 0 Å². The summed E-state index contributed by atoms with van der Waals surface area (Å²) in [6.45, 7) is 0.886. The summed E-state index contributed by atoms with van der Waals surface area (Å²) in [5.74, 6) is -0.132. The third kappa shape index (κ3) is 5.68. The van der Waals surface area contributed by atoms with Crippen molar-refractivity contribution in [2.24, 2.45) is 0 Å². The summed E-state index contributed by atoms with van der Waals surface area (Å²) < 4.78 is 0. The lowest BCUT2D eigenvalue weighted by molar-refractivity contribution is -0.120. The molecule has 2 aromatic heterocycles.